The Morgan fingerprint density at radius 3 is 2.75 bits per heavy atom. The van der Waals surface area contributed by atoms with E-state index in [4.69, 9.17) is 16.3 Å². The molecule has 3 rings (SSSR count). The topological polar surface area (TPSA) is 69.0 Å². The van der Waals surface area contributed by atoms with Crippen LogP contribution in [-0.2, 0) is 6.54 Å². The molecule has 2 aromatic heterocycles. The number of hydrogen-bond donors (Lipinski definition) is 0. The summed E-state index contributed by atoms with van der Waals surface area (Å²) in [5.41, 5.74) is 0. The van der Waals surface area contributed by atoms with Crippen molar-refractivity contribution in [1.29, 1.82) is 0 Å². The normalized spacial score (nSPS) is 14.8. The maximum Gasteiger partial charge on any atom is 0.328 e. The van der Waals surface area contributed by atoms with Gasteiger partial charge in [-0.15, -0.1) is 0 Å². The zero-order chi connectivity index (χ0) is 13.9. The molecule has 1 aliphatic heterocycles. The lowest BCUT2D eigenvalue weighted by molar-refractivity contribution is 0.438. The summed E-state index contributed by atoms with van der Waals surface area (Å²) in [5, 5.41) is 4.27. The summed E-state index contributed by atoms with van der Waals surface area (Å²) in [7, 11) is 0. The highest BCUT2D eigenvalue weighted by atomic mass is 35.5. The van der Waals surface area contributed by atoms with E-state index in [1.807, 2.05) is 6.92 Å². The number of nitrogens with zero attached hydrogens (tertiary/aromatic N) is 6. The molecule has 0 spiro atoms. The Hall–Kier alpha value is -1.89. The van der Waals surface area contributed by atoms with E-state index in [2.05, 4.69) is 25.0 Å². The van der Waals surface area contributed by atoms with Gasteiger partial charge in [0, 0.05) is 19.6 Å². The van der Waals surface area contributed by atoms with Crippen molar-refractivity contribution in [3.63, 3.8) is 0 Å². The summed E-state index contributed by atoms with van der Waals surface area (Å²) in [6.07, 6.45) is 5.69. The zero-order valence-corrected chi connectivity index (χ0v) is 11.9. The molecule has 0 unspecified atom stereocenters. The monoisotopic (exact) mass is 294 g/mol. The van der Waals surface area contributed by atoms with E-state index in [1.165, 1.54) is 0 Å². The minimum atomic E-state index is 0.139. The molecule has 7 nitrogen and oxygen atoms in total. The van der Waals surface area contributed by atoms with Gasteiger partial charge in [-0.2, -0.15) is 20.1 Å². The predicted octanol–water partition coefficient (Wildman–Crippen LogP) is 2.13. The van der Waals surface area contributed by atoms with Crippen molar-refractivity contribution in [2.75, 3.05) is 18.0 Å². The summed E-state index contributed by atoms with van der Waals surface area (Å²) in [4.78, 5) is 14.5. The summed E-state index contributed by atoms with van der Waals surface area (Å²) in [6, 6.07) is 0.197. The SMILES string of the molecule is CCn1cc(Oc2nc(Cl)nc(N3CCCC3)n2)cn1. The van der Waals surface area contributed by atoms with Crippen LogP contribution in [0, 0.1) is 0 Å². The van der Waals surface area contributed by atoms with Gasteiger partial charge in [0.05, 0.1) is 12.4 Å². The van der Waals surface area contributed by atoms with Crippen LogP contribution in [0.15, 0.2) is 12.4 Å². The first-order valence-electron chi connectivity index (χ1n) is 6.61. The third kappa shape index (κ3) is 2.82. The van der Waals surface area contributed by atoms with E-state index in [9.17, 15) is 0 Å². The second-order valence-electron chi connectivity index (χ2n) is 4.51. The smallest absolute Gasteiger partial charge is 0.328 e. The van der Waals surface area contributed by atoms with Gasteiger partial charge in [0.25, 0.3) is 0 Å². The van der Waals surface area contributed by atoms with Crippen LogP contribution in [0.3, 0.4) is 0 Å². The molecule has 0 saturated carbocycles. The summed E-state index contributed by atoms with van der Waals surface area (Å²) in [5.74, 6) is 1.15. The Bertz CT molecular complexity index is 595. The molecule has 20 heavy (non-hydrogen) atoms. The molecule has 0 aliphatic carbocycles. The fourth-order valence-electron chi connectivity index (χ4n) is 2.10. The average Bonchev–Trinajstić information content (AvgIpc) is 3.09. The lowest BCUT2D eigenvalue weighted by atomic mass is 10.4. The van der Waals surface area contributed by atoms with Crippen molar-refractivity contribution < 1.29 is 4.74 Å². The van der Waals surface area contributed by atoms with Crippen molar-refractivity contribution in [2.45, 2.75) is 26.3 Å². The molecule has 2 aromatic rings. The van der Waals surface area contributed by atoms with Crippen LogP contribution in [0.1, 0.15) is 19.8 Å². The predicted molar refractivity (Wildman–Crippen MR) is 74.3 cm³/mol. The molecule has 0 N–H and O–H groups in total. The van der Waals surface area contributed by atoms with E-state index >= 15 is 0 Å². The number of aromatic nitrogens is 5. The fourth-order valence-corrected chi connectivity index (χ4v) is 2.25. The molecule has 3 heterocycles. The first-order chi connectivity index (χ1) is 9.74. The molecule has 0 amide bonds. The maximum atomic E-state index is 5.94. The van der Waals surface area contributed by atoms with Crippen LogP contribution in [0.25, 0.3) is 0 Å². The average molecular weight is 295 g/mol. The standard InChI is InChI=1S/C12H15ClN6O/c1-2-19-8-9(7-14-19)20-12-16-10(13)15-11(17-12)18-5-3-4-6-18/h7-8H,2-6H2,1H3. The van der Waals surface area contributed by atoms with Crippen molar-refractivity contribution in [3.05, 3.63) is 17.7 Å². The van der Waals surface area contributed by atoms with E-state index in [1.54, 1.807) is 17.1 Å². The maximum absolute atomic E-state index is 5.94. The highest BCUT2D eigenvalue weighted by Gasteiger charge is 2.17. The van der Waals surface area contributed by atoms with Crippen molar-refractivity contribution in [2.24, 2.45) is 0 Å². The molecule has 0 atom stereocenters. The number of aryl methyl sites for hydroxylation is 1. The molecule has 106 valence electrons. The molecule has 0 aromatic carbocycles. The van der Waals surface area contributed by atoms with Crippen LogP contribution >= 0.6 is 11.6 Å². The van der Waals surface area contributed by atoms with E-state index in [-0.39, 0.29) is 11.3 Å². The number of ether oxygens (including phenoxy) is 1. The number of anilines is 1. The van der Waals surface area contributed by atoms with Gasteiger partial charge in [-0.05, 0) is 31.4 Å². The summed E-state index contributed by atoms with van der Waals surface area (Å²) in [6.45, 7) is 4.66. The quantitative estimate of drug-likeness (QED) is 0.860. The number of rotatable bonds is 4. The first kappa shape index (κ1) is 13.1. The van der Waals surface area contributed by atoms with Gasteiger partial charge in [-0.3, -0.25) is 4.68 Å². The Morgan fingerprint density at radius 2 is 2.05 bits per heavy atom. The third-order valence-corrected chi connectivity index (χ3v) is 3.28. The van der Waals surface area contributed by atoms with Gasteiger partial charge < -0.3 is 9.64 Å². The van der Waals surface area contributed by atoms with Gasteiger partial charge in [0.15, 0.2) is 5.75 Å². The van der Waals surface area contributed by atoms with Gasteiger partial charge in [-0.1, -0.05) is 0 Å². The highest BCUT2D eigenvalue weighted by molar-refractivity contribution is 6.28. The van der Waals surface area contributed by atoms with Crippen LogP contribution in [0.4, 0.5) is 5.95 Å². The van der Waals surface area contributed by atoms with E-state index in [0.717, 1.165) is 32.5 Å². The minimum absolute atomic E-state index is 0.139. The molecular formula is C12H15ClN6O. The Morgan fingerprint density at radius 1 is 1.25 bits per heavy atom. The Kier molecular flexibility index (Phi) is 3.68. The van der Waals surface area contributed by atoms with Crippen LogP contribution in [0.5, 0.6) is 11.8 Å². The third-order valence-electron chi connectivity index (χ3n) is 3.11. The number of hydrogen-bond acceptors (Lipinski definition) is 6. The van der Waals surface area contributed by atoms with Gasteiger partial charge in [-0.25, -0.2) is 0 Å². The molecule has 1 aliphatic rings. The lowest BCUT2D eigenvalue weighted by Crippen LogP contribution is -2.21. The number of halogens is 1. The fraction of sp³-hybridized carbons (Fsp3) is 0.500. The van der Waals surface area contributed by atoms with Gasteiger partial charge in [0.2, 0.25) is 11.2 Å². The summed E-state index contributed by atoms with van der Waals surface area (Å²) < 4.78 is 7.35. The van der Waals surface area contributed by atoms with Crippen molar-refractivity contribution in [3.8, 4) is 11.8 Å². The van der Waals surface area contributed by atoms with Crippen LogP contribution < -0.4 is 9.64 Å². The second kappa shape index (κ2) is 5.62. The second-order valence-corrected chi connectivity index (χ2v) is 4.85. The van der Waals surface area contributed by atoms with Crippen LogP contribution in [0.2, 0.25) is 5.28 Å². The van der Waals surface area contributed by atoms with Gasteiger partial charge in [0.1, 0.15) is 0 Å². The Balaban J connectivity index is 1.81. The van der Waals surface area contributed by atoms with Crippen molar-refractivity contribution in [1.82, 2.24) is 24.7 Å². The highest BCUT2D eigenvalue weighted by Crippen LogP contribution is 2.22. The van der Waals surface area contributed by atoms with Crippen LogP contribution in [-0.4, -0.2) is 37.8 Å². The Labute approximate surface area is 121 Å². The summed E-state index contributed by atoms with van der Waals surface area (Å²) >= 11 is 5.94. The molecule has 8 heteroatoms. The molecular weight excluding hydrogens is 280 g/mol. The minimum Gasteiger partial charge on any atom is -0.421 e. The van der Waals surface area contributed by atoms with E-state index in [0.29, 0.717) is 11.7 Å². The zero-order valence-electron chi connectivity index (χ0n) is 11.2. The molecule has 1 saturated heterocycles. The lowest BCUT2D eigenvalue weighted by Gasteiger charge is -2.15. The molecule has 1 fully saturated rings. The van der Waals surface area contributed by atoms with Gasteiger partial charge >= 0.3 is 6.01 Å². The molecule has 0 radical (unpaired) electrons. The van der Waals surface area contributed by atoms with Crippen molar-refractivity contribution >= 4 is 17.5 Å². The largest absolute Gasteiger partial charge is 0.421 e. The first-order valence-corrected chi connectivity index (χ1v) is 6.99. The molecule has 0 bridgehead atoms. The van der Waals surface area contributed by atoms with E-state index < -0.39 is 0 Å².